The number of nitrogens with one attached hydrogen (secondary N) is 1. The molecule has 98 valence electrons. The maximum Gasteiger partial charge on any atom is 0.407 e. The van der Waals surface area contributed by atoms with E-state index in [0.29, 0.717) is 6.61 Å². The Morgan fingerprint density at radius 2 is 1.83 bits per heavy atom. The molecule has 2 aliphatic rings. The van der Waals surface area contributed by atoms with Crippen molar-refractivity contribution in [3.05, 3.63) is 29.8 Å². The van der Waals surface area contributed by atoms with Gasteiger partial charge in [0.25, 0.3) is 0 Å². The zero-order valence-corrected chi connectivity index (χ0v) is 10.9. The predicted molar refractivity (Wildman–Crippen MR) is 72.4 cm³/mol. The van der Waals surface area contributed by atoms with E-state index in [1.54, 1.807) is 0 Å². The van der Waals surface area contributed by atoms with E-state index in [-0.39, 0.29) is 24.5 Å². The summed E-state index contributed by atoms with van der Waals surface area (Å²) >= 11 is 0. The second-order valence-corrected chi connectivity index (χ2v) is 4.58. The third kappa shape index (κ3) is 2.53. The number of halogens is 1. The van der Waals surface area contributed by atoms with E-state index >= 15 is 0 Å². The van der Waals surface area contributed by atoms with Crippen LogP contribution in [0.5, 0.6) is 0 Å². The molecule has 3 rings (SSSR count). The van der Waals surface area contributed by atoms with E-state index < -0.39 is 0 Å². The van der Waals surface area contributed by atoms with E-state index in [1.165, 1.54) is 18.5 Å². The molecule has 0 aromatic heterocycles. The number of rotatable bonds is 2. The van der Waals surface area contributed by atoms with E-state index in [4.69, 9.17) is 4.74 Å². The second-order valence-electron chi connectivity index (χ2n) is 4.58. The monoisotopic (exact) mass is 268 g/mol. The van der Waals surface area contributed by atoms with E-state index in [9.17, 15) is 4.79 Å². The SMILES string of the molecule is Cl.O=C1N[C@H](c2ccc(N3CCCC3)cc2)CO1. The first-order valence-electron chi connectivity index (χ1n) is 6.11. The lowest BCUT2D eigenvalue weighted by Gasteiger charge is -2.18. The summed E-state index contributed by atoms with van der Waals surface area (Å²) in [6.07, 6.45) is 2.25. The van der Waals surface area contributed by atoms with Crippen LogP contribution in [0.15, 0.2) is 24.3 Å². The Labute approximate surface area is 113 Å². The summed E-state index contributed by atoms with van der Waals surface area (Å²) in [5.74, 6) is 0. The Balaban J connectivity index is 0.00000120. The highest BCUT2D eigenvalue weighted by atomic mass is 35.5. The van der Waals surface area contributed by atoms with Crippen molar-refractivity contribution in [3.8, 4) is 0 Å². The Morgan fingerprint density at radius 3 is 2.39 bits per heavy atom. The van der Waals surface area contributed by atoms with Gasteiger partial charge in [-0.15, -0.1) is 12.4 Å². The average Bonchev–Trinajstić information content (AvgIpc) is 3.00. The van der Waals surface area contributed by atoms with Gasteiger partial charge in [0.05, 0.1) is 6.04 Å². The zero-order valence-electron chi connectivity index (χ0n) is 10.1. The van der Waals surface area contributed by atoms with E-state index in [2.05, 4.69) is 34.5 Å². The topological polar surface area (TPSA) is 41.6 Å². The van der Waals surface area contributed by atoms with Gasteiger partial charge in [0, 0.05) is 18.8 Å². The van der Waals surface area contributed by atoms with Crippen molar-refractivity contribution < 1.29 is 9.53 Å². The maximum absolute atomic E-state index is 11.0. The summed E-state index contributed by atoms with van der Waals surface area (Å²) in [4.78, 5) is 13.4. The number of benzene rings is 1. The molecule has 1 atom stereocenters. The molecule has 2 saturated heterocycles. The molecule has 4 nitrogen and oxygen atoms in total. The molecule has 5 heteroatoms. The normalized spacial score (nSPS) is 22.3. The molecule has 2 fully saturated rings. The Bertz CT molecular complexity index is 416. The highest BCUT2D eigenvalue weighted by molar-refractivity contribution is 5.85. The first kappa shape index (κ1) is 13.0. The van der Waals surface area contributed by atoms with Gasteiger partial charge in [-0.1, -0.05) is 12.1 Å². The highest BCUT2D eigenvalue weighted by Gasteiger charge is 2.23. The van der Waals surface area contributed by atoms with Crippen molar-refractivity contribution in [2.75, 3.05) is 24.6 Å². The molecule has 0 bridgehead atoms. The number of alkyl carbamates (subject to hydrolysis) is 1. The van der Waals surface area contributed by atoms with Crippen molar-refractivity contribution in [2.45, 2.75) is 18.9 Å². The van der Waals surface area contributed by atoms with Crippen molar-refractivity contribution in [2.24, 2.45) is 0 Å². The van der Waals surface area contributed by atoms with Crippen LogP contribution >= 0.6 is 12.4 Å². The van der Waals surface area contributed by atoms with Crippen LogP contribution in [0.4, 0.5) is 10.5 Å². The molecule has 0 aliphatic carbocycles. The van der Waals surface area contributed by atoms with Crippen LogP contribution in [0.3, 0.4) is 0 Å². The largest absolute Gasteiger partial charge is 0.447 e. The molecular formula is C13H17ClN2O2. The van der Waals surface area contributed by atoms with Gasteiger partial charge in [-0.3, -0.25) is 0 Å². The predicted octanol–water partition coefficient (Wildman–Crippen LogP) is 2.49. The molecule has 0 spiro atoms. The van der Waals surface area contributed by atoms with Gasteiger partial charge < -0.3 is 15.0 Å². The summed E-state index contributed by atoms with van der Waals surface area (Å²) < 4.78 is 4.89. The van der Waals surface area contributed by atoms with Gasteiger partial charge in [-0.05, 0) is 30.5 Å². The van der Waals surface area contributed by atoms with Crippen molar-refractivity contribution in [3.63, 3.8) is 0 Å². The minimum absolute atomic E-state index is 0. The minimum Gasteiger partial charge on any atom is -0.447 e. The number of cyclic esters (lactones) is 1. The summed E-state index contributed by atoms with van der Waals surface area (Å²) in [7, 11) is 0. The summed E-state index contributed by atoms with van der Waals surface area (Å²) in [6, 6.07) is 8.42. The molecular weight excluding hydrogens is 252 g/mol. The van der Waals surface area contributed by atoms with Gasteiger partial charge in [0.2, 0.25) is 0 Å². The van der Waals surface area contributed by atoms with Crippen LogP contribution in [0.25, 0.3) is 0 Å². The standard InChI is InChI=1S/C13H16N2O2.ClH/c16-13-14-12(9-17-13)10-3-5-11(6-4-10)15-7-1-2-8-15;/h3-6,12H,1-2,7-9H2,(H,14,16);1H/t12-;/m0./s1. The molecule has 1 N–H and O–H groups in total. The molecule has 2 aliphatic heterocycles. The molecule has 1 aromatic carbocycles. The van der Waals surface area contributed by atoms with Crippen LogP contribution < -0.4 is 10.2 Å². The molecule has 0 unspecified atom stereocenters. The van der Waals surface area contributed by atoms with Crippen molar-refractivity contribution in [1.82, 2.24) is 5.32 Å². The lowest BCUT2D eigenvalue weighted by Crippen LogP contribution is -2.19. The first-order valence-corrected chi connectivity index (χ1v) is 6.11. The number of anilines is 1. The first-order chi connectivity index (χ1) is 8.33. The smallest absolute Gasteiger partial charge is 0.407 e. The van der Waals surface area contributed by atoms with Crippen molar-refractivity contribution >= 4 is 24.2 Å². The van der Waals surface area contributed by atoms with Crippen LogP contribution in [0.2, 0.25) is 0 Å². The summed E-state index contributed by atoms with van der Waals surface area (Å²) in [6.45, 7) is 2.74. The molecule has 18 heavy (non-hydrogen) atoms. The molecule has 1 amide bonds. The number of hydrogen-bond acceptors (Lipinski definition) is 3. The summed E-state index contributed by atoms with van der Waals surface area (Å²) in [5, 5.41) is 2.78. The fraction of sp³-hybridized carbons (Fsp3) is 0.462. The highest BCUT2D eigenvalue weighted by Crippen LogP contribution is 2.24. The van der Waals surface area contributed by atoms with Crippen LogP contribution in [0.1, 0.15) is 24.4 Å². The maximum atomic E-state index is 11.0. The van der Waals surface area contributed by atoms with E-state index in [1.807, 2.05) is 0 Å². The third-order valence-corrected chi connectivity index (χ3v) is 3.44. The van der Waals surface area contributed by atoms with Gasteiger partial charge in [0.1, 0.15) is 6.61 Å². The van der Waals surface area contributed by atoms with Crippen LogP contribution in [0, 0.1) is 0 Å². The van der Waals surface area contributed by atoms with Crippen molar-refractivity contribution in [1.29, 1.82) is 0 Å². The quantitative estimate of drug-likeness (QED) is 0.896. The lowest BCUT2D eigenvalue weighted by molar-refractivity contribution is 0.177. The zero-order chi connectivity index (χ0) is 11.7. The Morgan fingerprint density at radius 1 is 1.17 bits per heavy atom. The van der Waals surface area contributed by atoms with Crippen LogP contribution in [-0.4, -0.2) is 25.8 Å². The number of hydrogen-bond donors (Lipinski definition) is 1. The molecule has 1 aromatic rings. The molecule has 2 heterocycles. The number of nitrogens with zero attached hydrogens (tertiary/aromatic N) is 1. The fourth-order valence-electron chi connectivity index (χ4n) is 2.46. The van der Waals surface area contributed by atoms with Crippen LogP contribution in [-0.2, 0) is 4.74 Å². The van der Waals surface area contributed by atoms with E-state index in [0.717, 1.165) is 18.7 Å². The fourth-order valence-corrected chi connectivity index (χ4v) is 2.46. The number of carbonyl (C=O) groups is 1. The molecule has 0 radical (unpaired) electrons. The second kappa shape index (κ2) is 5.48. The Hall–Kier alpha value is -1.42. The summed E-state index contributed by atoms with van der Waals surface area (Å²) in [5.41, 5.74) is 2.38. The lowest BCUT2D eigenvalue weighted by atomic mass is 10.1. The van der Waals surface area contributed by atoms with Gasteiger partial charge >= 0.3 is 6.09 Å². The number of ether oxygens (including phenoxy) is 1. The number of amides is 1. The number of carbonyl (C=O) groups excluding carboxylic acids is 1. The average molecular weight is 269 g/mol. The van der Waals surface area contributed by atoms with Gasteiger partial charge in [0.15, 0.2) is 0 Å². The minimum atomic E-state index is -0.321. The Kier molecular flexibility index (Phi) is 3.97. The van der Waals surface area contributed by atoms with Gasteiger partial charge in [-0.2, -0.15) is 0 Å². The third-order valence-electron chi connectivity index (χ3n) is 3.44. The molecule has 0 saturated carbocycles. The van der Waals surface area contributed by atoms with Gasteiger partial charge in [-0.25, -0.2) is 4.79 Å².